The smallest absolute Gasteiger partial charge is 0.314 e. The van der Waals surface area contributed by atoms with Crippen molar-refractivity contribution in [2.45, 2.75) is 31.9 Å². The number of hydrogen-bond acceptors (Lipinski definition) is 11. The first-order valence-corrected chi connectivity index (χ1v) is 20.9. The Morgan fingerprint density at radius 2 is 1.07 bits per heavy atom. The maximum Gasteiger partial charge on any atom is 0.314 e. The Morgan fingerprint density at radius 1 is 0.650 bits per heavy atom. The van der Waals surface area contributed by atoms with Gasteiger partial charge < -0.3 is 8.83 Å². The van der Waals surface area contributed by atoms with Gasteiger partial charge >= 0.3 is 12.9 Å². The predicted molar refractivity (Wildman–Crippen MR) is 209 cm³/mol. The molecule has 3 heterocycles. The monoisotopic (exact) mass is 875 g/mol. The molecule has 0 N–H and O–H groups in total. The average Bonchev–Trinajstić information content (AvgIpc) is 3.94. The Kier molecular flexibility index (Phi) is 13.4. The fourth-order valence-corrected chi connectivity index (χ4v) is 8.22. The summed E-state index contributed by atoms with van der Waals surface area (Å²) >= 11 is 0. The van der Waals surface area contributed by atoms with Gasteiger partial charge in [-0.1, -0.05) is 67.2 Å². The molecule has 1 saturated heterocycles. The van der Waals surface area contributed by atoms with Gasteiger partial charge in [-0.3, -0.25) is 13.5 Å². The number of hydrogen-bond donors (Lipinski definition) is 0. The lowest BCUT2D eigenvalue weighted by Gasteiger charge is -2.39. The third-order valence-electron chi connectivity index (χ3n) is 8.83. The highest BCUT2D eigenvalue weighted by Crippen LogP contribution is 2.29. The summed E-state index contributed by atoms with van der Waals surface area (Å²) in [5, 5.41) is 14.6. The van der Waals surface area contributed by atoms with Crippen molar-refractivity contribution in [3.05, 3.63) is 144 Å². The molecule has 60 heavy (non-hydrogen) atoms. The van der Waals surface area contributed by atoms with E-state index in [0.717, 1.165) is 5.41 Å². The SMILES string of the molecule is C=CS(=O)(=O)N(Cc1ccc(-c2nnc(C(F)F)o2)cc1)c1ccccc1.O=S(=O)(CCN1CC(F)(F)C1)N(Cc1ccc(-c2nnc(C(F)F)o2)cc1)c1ccccc1. The van der Waals surface area contributed by atoms with E-state index in [9.17, 15) is 43.2 Å². The Morgan fingerprint density at radius 3 is 1.45 bits per heavy atom. The van der Waals surface area contributed by atoms with Crippen molar-refractivity contribution < 1.29 is 52.0 Å². The molecule has 0 atom stereocenters. The van der Waals surface area contributed by atoms with Crippen LogP contribution in [0.3, 0.4) is 0 Å². The maximum atomic E-state index is 13.1. The van der Waals surface area contributed by atoms with Crippen LogP contribution in [-0.2, 0) is 33.1 Å². The molecule has 0 aliphatic carbocycles. The third-order valence-corrected chi connectivity index (χ3v) is 11.9. The molecular formula is C39H35F6N7O6S2. The number of rotatable bonds is 16. The highest BCUT2D eigenvalue weighted by Gasteiger charge is 2.44. The topological polar surface area (TPSA) is 156 Å². The summed E-state index contributed by atoms with van der Waals surface area (Å²) in [6, 6.07) is 30.0. The number of para-hydroxylation sites is 2. The van der Waals surface area contributed by atoms with E-state index < -0.39 is 63.7 Å². The van der Waals surface area contributed by atoms with Crippen LogP contribution < -0.4 is 8.61 Å². The molecule has 2 aromatic heterocycles. The normalized spacial score (nSPS) is 14.0. The lowest BCUT2D eigenvalue weighted by Crippen LogP contribution is -2.57. The van der Waals surface area contributed by atoms with E-state index in [2.05, 4.69) is 27.0 Å². The predicted octanol–water partition coefficient (Wildman–Crippen LogP) is 8.12. The molecule has 7 rings (SSSR count). The van der Waals surface area contributed by atoms with Crippen LogP contribution in [0.1, 0.15) is 35.8 Å². The molecule has 0 radical (unpaired) electrons. The molecular weight excluding hydrogens is 841 g/mol. The first-order valence-electron chi connectivity index (χ1n) is 17.8. The lowest BCUT2D eigenvalue weighted by atomic mass is 10.1. The van der Waals surface area contributed by atoms with Crippen LogP contribution >= 0.6 is 0 Å². The molecule has 316 valence electrons. The van der Waals surface area contributed by atoms with Gasteiger partial charge in [0.05, 0.1) is 43.3 Å². The first kappa shape index (κ1) is 43.5. The van der Waals surface area contributed by atoms with Crippen molar-refractivity contribution in [1.82, 2.24) is 25.3 Å². The number of sulfonamides is 2. The molecule has 1 aliphatic heterocycles. The fourth-order valence-electron chi connectivity index (χ4n) is 5.79. The highest BCUT2D eigenvalue weighted by atomic mass is 32.2. The minimum atomic E-state index is -3.83. The Balaban J connectivity index is 0.000000205. The molecule has 1 fully saturated rings. The van der Waals surface area contributed by atoms with E-state index in [1.165, 1.54) is 13.5 Å². The molecule has 0 saturated carbocycles. The van der Waals surface area contributed by atoms with E-state index in [1.54, 1.807) is 109 Å². The summed E-state index contributed by atoms with van der Waals surface area (Å²) in [6.45, 7) is 2.55. The van der Waals surface area contributed by atoms with Crippen molar-refractivity contribution in [1.29, 1.82) is 0 Å². The molecule has 13 nitrogen and oxygen atoms in total. The van der Waals surface area contributed by atoms with Crippen LogP contribution in [0, 0.1) is 0 Å². The van der Waals surface area contributed by atoms with Crippen LogP contribution in [0.5, 0.6) is 0 Å². The molecule has 21 heteroatoms. The van der Waals surface area contributed by atoms with E-state index >= 15 is 0 Å². The second-order valence-electron chi connectivity index (χ2n) is 13.2. The quantitative estimate of drug-likeness (QED) is 0.0866. The zero-order valence-corrected chi connectivity index (χ0v) is 32.9. The van der Waals surface area contributed by atoms with Crippen LogP contribution in [0.4, 0.5) is 37.7 Å². The molecule has 4 aromatic carbocycles. The minimum absolute atomic E-state index is 0.00380. The number of alkyl halides is 6. The van der Waals surface area contributed by atoms with Crippen LogP contribution in [0.25, 0.3) is 22.9 Å². The minimum Gasteiger partial charge on any atom is -0.415 e. The maximum absolute atomic E-state index is 13.1. The van der Waals surface area contributed by atoms with E-state index in [4.69, 9.17) is 8.83 Å². The number of benzene rings is 4. The van der Waals surface area contributed by atoms with Gasteiger partial charge in [0.2, 0.25) is 21.8 Å². The van der Waals surface area contributed by atoms with Crippen molar-refractivity contribution in [2.24, 2.45) is 0 Å². The summed E-state index contributed by atoms with van der Waals surface area (Å²) in [7, 11) is -7.54. The second kappa shape index (κ2) is 18.5. The Bertz CT molecular complexity index is 2560. The molecule has 1 aliphatic rings. The van der Waals surface area contributed by atoms with Gasteiger partial charge in [-0.2, -0.15) is 17.6 Å². The van der Waals surface area contributed by atoms with Crippen LogP contribution in [0.15, 0.2) is 130 Å². The Hall–Kier alpha value is -6.06. The highest BCUT2D eigenvalue weighted by molar-refractivity contribution is 7.95. The standard InChI is InChI=1S/C21H20F4N4O3S.C18H15F2N3O3S/c22-18(23)20-27-26-19(32-20)16-8-6-15(7-9-16)12-29(17-4-2-1-3-5-17)33(30,31)11-10-28-13-21(24,25)14-28;1-2-27(24,25)23(15-6-4-3-5-7-15)12-13-8-10-14(11-9-13)17-21-22-18(26-17)16(19)20/h1-9,18H,10-14H2;2-11,16H,1,12H2. The Labute approximate surface area is 340 Å². The van der Waals surface area contributed by atoms with Gasteiger partial charge in [-0.15, -0.1) is 20.4 Å². The molecule has 6 aromatic rings. The van der Waals surface area contributed by atoms with Crippen molar-refractivity contribution in [3.63, 3.8) is 0 Å². The number of aromatic nitrogens is 4. The summed E-state index contributed by atoms with van der Waals surface area (Å²) in [6.07, 6.45) is -5.72. The summed E-state index contributed by atoms with van der Waals surface area (Å²) in [5.41, 5.74) is 3.10. The second-order valence-corrected chi connectivity index (χ2v) is 17.0. The van der Waals surface area contributed by atoms with Gasteiger partial charge in [0, 0.05) is 23.1 Å². The zero-order valence-electron chi connectivity index (χ0n) is 31.2. The zero-order chi connectivity index (χ0) is 43.1. The van der Waals surface area contributed by atoms with Gasteiger partial charge in [-0.25, -0.2) is 25.6 Å². The van der Waals surface area contributed by atoms with Gasteiger partial charge in [0.1, 0.15) is 0 Å². The number of halogens is 6. The van der Waals surface area contributed by atoms with E-state index in [1.807, 2.05) is 0 Å². The lowest BCUT2D eigenvalue weighted by molar-refractivity contribution is -0.128. The summed E-state index contributed by atoms with van der Waals surface area (Å²) in [5.74, 6) is -4.71. The van der Waals surface area contributed by atoms with Crippen LogP contribution in [-0.4, -0.2) is 73.4 Å². The van der Waals surface area contributed by atoms with Crippen molar-refractivity contribution >= 4 is 31.4 Å². The van der Waals surface area contributed by atoms with Crippen molar-refractivity contribution in [3.8, 4) is 22.9 Å². The van der Waals surface area contributed by atoms with Crippen LogP contribution in [0.2, 0.25) is 0 Å². The van der Waals surface area contributed by atoms with Crippen molar-refractivity contribution in [2.75, 3.05) is 34.0 Å². The van der Waals surface area contributed by atoms with E-state index in [0.29, 0.717) is 33.6 Å². The molecule has 0 amide bonds. The van der Waals surface area contributed by atoms with E-state index in [-0.39, 0.29) is 37.2 Å². The summed E-state index contributed by atoms with van der Waals surface area (Å²) in [4.78, 5) is 1.40. The summed E-state index contributed by atoms with van der Waals surface area (Å²) < 4.78 is 140. The number of likely N-dealkylation sites (tertiary alicyclic amines) is 1. The average molecular weight is 876 g/mol. The fraction of sp³-hybridized carbons (Fsp3) is 0.231. The first-order chi connectivity index (χ1) is 28.5. The molecule has 0 spiro atoms. The molecule has 0 bridgehead atoms. The van der Waals surface area contributed by atoms with Gasteiger partial charge in [0.25, 0.3) is 27.7 Å². The molecule has 0 unspecified atom stereocenters. The largest absolute Gasteiger partial charge is 0.415 e. The third kappa shape index (κ3) is 11.0. The van der Waals surface area contributed by atoms with Gasteiger partial charge in [-0.05, 0) is 59.7 Å². The number of anilines is 2. The number of nitrogens with zero attached hydrogens (tertiary/aromatic N) is 7. The van der Waals surface area contributed by atoms with Gasteiger partial charge in [0.15, 0.2) is 0 Å².